The third kappa shape index (κ3) is 9.09. The number of hydrogen-bond acceptors (Lipinski definition) is 3. The minimum atomic E-state index is -1.64. The van der Waals surface area contributed by atoms with Gasteiger partial charge < -0.3 is 9.16 Å². The highest BCUT2D eigenvalue weighted by Gasteiger charge is 2.38. The Morgan fingerprint density at radius 1 is 1.24 bits per heavy atom. The molecule has 0 aromatic rings. The van der Waals surface area contributed by atoms with Crippen LogP contribution in [0.25, 0.3) is 0 Å². The van der Waals surface area contributed by atoms with Gasteiger partial charge in [-0.1, -0.05) is 33.3 Å². The van der Waals surface area contributed by atoms with E-state index in [2.05, 4.69) is 40.8 Å². The third-order valence-electron chi connectivity index (χ3n) is 4.07. The standard InChI is InChI=1S/C17H34O3Si/c1-8-19-16(18)14-12-10-9-11-13-15(2)20-21(6,7)17(3,4)5/h12,14-15H,8-11,13H2,1-7H3/b14-12+/t15-/m1/s1. The average Bonchev–Trinajstić information content (AvgIpc) is 2.31. The van der Waals surface area contributed by atoms with E-state index in [1.807, 2.05) is 13.0 Å². The van der Waals surface area contributed by atoms with Crippen molar-refractivity contribution >= 4 is 14.3 Å². The Bertz CT molecular complexity index is 329. The van der Waals surface area contributed by atoms with Crippen molar-refractivity contribution in [3.63, 3.8) is 0 Å². The normalized spacial score (nSPS) is 14.4. The molecule has 4 heteroatoms. The fraction of sp³-hybridized carbons (Fsp3) is 0.824. The van der Waals surface area contributed by atoms with Crippen molar-refractivity contribution < 1.29 is 14.0 Å². The fourth-order valence-corrected chi connectivity index (χ4v) is 3.28. The number of rotatable bonds is 9. The van der Waals surface area contributed by atoms with Gasteiger partial charge in [0.2, 0.25) is 0 Å². The summed E-state index contributed by atoms with van der Waals surface area (Å²) in [7, 11) is -1.64. The van der Waals surface area contributed by atoms with E-state index >= 15 is 0 Å². The number of unbranched alkanes of at least 4 members (excludes halogenated alkanes) is 2. The van der Waals surface area contributed by atoms with Crippen molar-refractivity contribution in [2.24, 2.45) is 0 Å². The zero-order chi connectivity index (χ0) is 16.5. The second-order valence-corrected chi connectivity index (χ2v) is 11.9. The third-order valence-corrected chi connectivity index (χ3v) is 8.68. The number of allylic oxidation sites excluding steroid dienone is 1. The van der Waals surface area contributed by atoms with Crippen LogP contribution in [0.15, 0.2) is 12.2 Å². The summed E-state index contributed by atoms with van der Waals surface area (Å²) in [5.74, 6) is -0.243. The number of hydrogen-bond donors (Lipinski definition) is 0. The molecule has 0 rings (SSSR count). The molecule has 0 spiro atoms. The Kier molecular flexibility index (Phi) is 9.14. The van der Waals surface area contributed by atoms with Crippen molar-refractivity contribution in [3.8, 4) is 0 Å². The molecule has 21 heavy (non-hydrogen) atoms. The largest absolute Gasteiger partial charge is 0.463 e. The molecular formula is C17H34O3Si. The highest BCUT2D eigenvalue weighted by Crippen LogP contribution is 2.37. The van der Waals surface area contributed by atoms with E-state index in [9.17, 15) is 4.79 Å². The van der Waals surface area contributed by atoms with E-state index in [0.717, 1.165) is 25.7 Å². The SMILES string of the molecule is CCOC(=O)/C=C/CCCC[C@@H](C)O[Si](C)(C)C(C)(C)C. The molecule has 0 aromatic carbocycles. The van der Waals surface area contributed by atoms with Crippen molar-refractivity contribution in [2.75, 3.05) is 6.61 Å². The maximum atomic E-state index is 11.1. The van der Waals surface area contributed by atoms with Gasteiger partial charge in [0.15, 0.2) is 8.32 Å². The predicted octanol–water partition coefficient (Wildman–Crippen LogP) is 5.08. The van der Waals surface area contributed by atoms with E-state index < -0.39 is 8.32 Å². The molecule has 0 saturated carbocycles. The van der Waals surface area contributed by atoms with Crippen LogP contribution < -0.4 is 0 Å². The molecule has 0 N–H and O–H groups in total. The summed E-state index contributed by atoms with van der Waals surface area (Å²) in [6.45, 7) is 15.8. The first kappa shape index (κ1) is 20.4. The number of carbonyl (C=O) groups excluding carboxylic acids is 1. The molecule has 0 radical (unpaired) electrons. The summed E-state index contributed by atoms with van der Waals surface area (Å²) < 4.78 is 11.2. The lowest BCUT2D eigenvalue weighted by Gasteiger charge is -2.38. The summed E-state index contributed by atoms with van der Waals surface area (Å²) in [4.78, 5) is 11.1. The highest BCUT2D eigenvalue weighted by molar-refractivity contribution is 6.74. The molecule has 0 bridgehead atoms. The van der Waals surface area contributed by atoms with Crippen LogP contribution in [-0.2, 0) is 14.0 Å². The van der Waals surface area contributed by atoms with Gasteiger partial charge in [-0.2, -0.15) is 0 Å². The first-order valence-corrected chi connectivity index (χ1v) is 11.0. The summed E-state index contributed by atoms with van der Waals surface area (Å²) in [5.41, 5.74) is 0. The summed E-state index contributed by atoms with van der Waals surface area (Å²) in [5, 5.41) is 0.267. The van der Waals surface area contributed by atoms with Gasteiger partial charge in [-0.05, 0) is 51.2 Å². The number of ether oxygens (including phenoxy) is 1. The van der Waals surface area contributed by atoms with Gasteiger partial charge >= 0.3 is 5.97 Å². The predicted molar refractivity (Wildman–Crippen MR) is 92.0 cm³/mol. The van der Waals surface area contributed by atoms with E-state index in [1.165, 1.54) is 6.08 Å². The summed E-state index contributed by atoms with van der Waals surface area (Å²) in [6, 6.07) is 0. The number of carbonyl (C=O) groups is 1. The van der Waals surface area contributed by atoms with E-state index in [-0.39, 0.29) is 11.0 Å². The Morgan fingerprint density at radius 2 is 1.86 bits per heavy atom. The molecule has 0 amide bonds. The van der Waals surface area contributed by atoms with Gasteiger partial charge in [0, 0.05) is 12.2 Å². The first-order chi connectivity index (χ1) is 9.60. The van der Waals surface area contributed by atoms with Crippen LogP contribution >= 0.6 is 0 Å². The van der Waals surface area contributed by atoms with Crippen LogP contribution in [0.4, 0.5) is 0 Å². The van der Waals surface area contributed by atoms with Crippen molar-refractivity contribution in [2.45, 2.75) is 84.5 Å². The van der Waals surface area contributed by atoms with Crippen molar-refractivity contribution in [1.29, 1.82) is 0 Å². The van der Waals surface area contributed by atoms with Gasteiger partial charge in [-0.15, -0.1) is 0 Å². The van der Waals surface area contributed by atoms with Crippen LogP contribution in [0.3, 0.4) is 0 Å². The van der Waals surface area contributed by atoms with E-state index in [4.69, 9.17) is 9.16 Å². The Balaban J connectivity index is 3.86. The maximum Gasteiger partial charge on any atom is 0.330 e. The molecule has 0 aromatic heterocycles. The van der Waals surface area contributed by atoms with Crippen molar-refractivity contribution in [1.82, 2.24) is 0 Å². The lowest BCUT2D eigenvalue weighted by Crippen LogP contribution is -2.43. The smallest absolute Gasteiger partial charge is 0.330 e. The molecule has 3 nitrogen and oxygen atoms in total. The van der Waals surface area contributed by atoms with Gasteiger partial charge in [0.25, 0.3) is 0 Å². The molecular weight excluding hydrogens is 280 g/mol. The molecule has 124 valence electrons. The molecule has 0 aliphatic heterocycles. The summed E-state index contributed by atoms with van der Waals surface area (Å²) in [6.07, 6.45) is 7.96. The number of esters is 1. The Labute approximate surface area is 132 Å². The molecule has 0 fully saturated rings. The van der Waals surface area contributed by atoms with E-state index in [1.54, 1.807) is 0 Å². The topological polar surface area (TPSA) is 35.5 Å². The van der Waals surface area contributed by atoms with Gasteiger partial charge in [0.05, 0.1) is 6.61 Å². The summed E-state index contributed by atoms with van der Waals surface area (Å²) >= 11 is 0. The van der Waals surface area contributed by atoms with Crippen LogP contribution in [0.1, 0.15) is 60.3 Å². The lowest BCUT2D eigenvalue weighted by atomic mass is 10.1. The van der Waals surface area contributed by atoms with E-state index in [0.29, 0.717) is 12.7 Å². The Morgan fingerprint density at radius 3 is 2.38 bits per heavy atom. The monoisotopic (exact) mass is 314 g/mol. The van der Waals surface area contributed by atoms with Gasteiger partial charge in [-0.25, -0.2) is 4.79 Å². The molecule has 0 aliphatic carbocycles. The second-order valence-electron chi connectivity index (χ2n) is 7.13. The molecule has 1 atom stereocenters. The molecule has 0 saturated heterocycles. The first-order valence-electron chi connectivity index (χ1n) is 8.11. The quantitative estimate of drug-likeness (QED) is 0.258. The van der Waals surface area contributed by atoms with Gasteiger partial charge in [0.1, 0.15) is 0 Å². The molecule has 0 aliphatic rings. The van der Waals surface area contributed by atoms with Crippen LogP contribution in [0.5, 0.6) is 0 Å². The van der Waals surface area contributed by atoms with Crippen LogP contribution in [0.2, 0.25) is 18.1 Å². The average molecular weight is 315 g/mol. The van der Waals surface area contributed by atoms with Crippen LogP contribution in [-0.4, -0.2) is 27.0 Å². The zero-order valence-electron chi connectivity index (χ0n) is 15.0. The van der Waals surface area contributed by atoms with Crippen molar-refractivity contribution in [3.05, 3.63) is 12.2 Å². The maximum absolute atomic E-state index is 11.1. The zero-order valence-corrected chi connectivity index (χ0v) is 16.0. The minimum Gasteiger partial charge on any atom is -0.463 e. The molecule has 0 heterocycles. The highest BCUT2D eigenvalue weighted by atomic mass is 28.4. The van der Waals surface area contributed by atoms with Gasteiger partial charge in [-0.3, -0.25) is 0 Å². The molecule has 0 unspecified atom stereocenters. The lowest BCUT2D eigenvalue weighted by molar-refractivity contribution is -0.137. The fourth-order valence-electron chi connectivity index (χ4n) is 1.80. The minimum absolute atomic E-state index is 0.243. The van der Waals surface area contributed by atoms with Crippen LogP contribution in [0, 0.1) is 0 Å². The Hall–Kier alpha value is -0.613. The second kappa shape index (κ2) is 9.41.